The summed E-state index contributed by atoms with van der Waals surface area (Å²) in [7, 11) is 0. The predicted octanol–water partition coefficient (Wildman–Crippen LogP) is 3.52. The summed E-state index contributed by atoms with van der Waals surface area (Å²) in [5.41, 5.74) is 7.97. The highest BCUT2D eigenvalue weighted by atomic mass is 127. The van der Waals surface area contributed by atoms with Crippen LogP contribution in [-0.4, -0.2) is 9.97 Å². The molecule has 0 radical (unpaired) electrons. The van der Waals surface area contributed by atoms with Gasteiger partial charge in [0.25, 0.3) is 0 Å². The maximum atomic E-state index is 5.91. The molecule has 2 N–H and O–H groups in total. The Morgan fingerprint density at radius 1 is 1.38 bits per heavy atom. The Morgan fingerprint density at radius 3 is 2.69 bits per heavy atom. The van der Waals surface area contributed by atoms with Crippen LogP contribution in [-0.2, 0) is 0 Å². The molecule has 0 unspecified atom stereocenters. The molecule has 2 aromatic rings. The van der Waals surface area contributed by atoms with E-state index in [-0.39, 0.29) is 0 Å². The van der Waals surface area contributed by atoms with Crippen LogP contribution in [0.5, 0.6) is 0 Å². The molecule has 0 amide bonds. The van der Waals surface area contributed by atoms with Crippen LogP contribution in [0.1, 0.15) is 25.5 Å². The van der Waals surface area contributed by atoms with Crippen LogP contribution in [0.25, 0.3) is 11.4 Å². The van der Waals surface area contributed by atoms with Gasteiger partial charge in [0, 0.05) is 10.9 Å². The van der Waals surface area contributed by atoms with Crippen LogP contribution in [0.2, 0.25) is 0 Å². The number of nitrogens with zero attached hydrogens (tertiary/aromatic N) is 2. The first-order valence-electron chi connectivity index (χ1n) is 4.95. The van der Waals surface area contributed by atoms with Gasteiger partial charge in [0.15, 0.2) is 5.82 Å². The first kappa shape index (κ1) is 11.8. The molecule has 2 aromatic heterocycles. The molecule has 0 aromatic carbocycles. The van der Waals surface area contributed by atoms with Crippen molar-refractivity contribution in [2.24, 2.45) is 0 Å². The van der Waals surface area contributed by atoms with E-state index in [2.05, 4.69) is 46.4 Å². The fourth-order valence-corrected chi connectivity index (χ4v) is 2.88. The molecule has 0 aliphatic rings. The summed E-state index contributed by atoms with van der Waals surface area (Å²) in [5.74, 6) is 1.65. The first-order chi connectivity index (χ1) is 7.59. The SMILES string of the molecule is CC(C)c1nc(-c2ccsc2)nc(N)c1I. The van der Waals surface area contributed by atoms with Gasteiger partial charge < -0.3 is 5.73 Å². The van der Waals surface area contributed by atoms with Crippen molar-refractivity contribution in [1.29, 1.82) is 0 Å². The molecular weight excluding hydrogens is 333 g/mol. The maximum absolute atomic E-state index is 5.91. The normalized spacial score (nSPS) is 11.0. The van der Waals surface area contributed by atoms with Gasteiger partial charge in [-0.05, 0) is 40.0 Å². The molecule has 84 valence electrons. The maximum Gasteiger partial charge on any atom is 0.162 e. The van der Waals surface area contributed by atoms with Gasteiger partial charge in [-0.1, -0.05) is 13.8 Å². The Labute approximate surface area is 112 Å². The predicted molar refractivity (Wildman–Crippen MR) is 76.6 cm³/mol. The minimum Gasteiger partial charge on any atom is -0.383 e. The van der Waals surface area contributed by atoms with E-state index >= 15 is 0 Å². The summed E-state index contributed by atoms with van der Waals surface area (Å²) in [4.78, 5) is 8.91. The van der Waals surface area contributed by atoms with E-state index in [0.717, 1.165) is 20.7 Å². The molecule has 16 heavy (non-hydrogen) atoms. The van der Waals surface area contributed by atoms with Crippen LogP contribution in [0.15, 0.2) is 16.8 Å². The Bertz CT molecular complexity index is 494. The molecule has 0 fully saturated rings. The number of nitrogens with two attached hydrogens (primary N) is 1. The van der Waals surface area contributed by atoms with E-state index in [9.17, 15) is 0 Å². The van der Waals surface area contributed by atoms with Crippen LogP contribution in [0, 0.1) is 3.57 Å². The molecule has 0 bridgehead atoms. The van der Waals surface area contributed by atoms with E-state index in [1.807, 2.05) is 16.8 Å². The number of halogens is 1. The van der Waals surface area contributed by atoms with E-state index in [4.69, 9.17) is 5.73 Å². The molecule has 2 rings (SSSR count). The summed E-state index contributed by atoms with van der Waals surface area (Å²) in [6.07, 6.45) is 0. The highest BCUT2D eigenvalue weighted by molar-refractivity contribution is 14.1. The second kappa shape index (κ2) is 4.67. The standard InChI is InChI=1S/C11H12IN3S/c1-6(2)9-8(12)10(13)15-11(14-9)7-3-4-16-5-7/h3-6H,1-2H3,(H2,13,14,15). The zero-order valence-electron chi connectivity index (χ0n) is 9.07. The molecule has 0 atom stereocenters. The lowest BCUT2D eigenvalue weighted by Crippen LogP contribution is -2.06. The van der Waals surface area contributed by atoms with E-state index in [1.165, 1.54) is 0 Å². The van der Waals surface area contributed by atoms with Gasteiger partial charge in [0.05, 0.1) is 9.26 Å². The van der Waals surface area contributed by atoms with Gasteiger partial charge in [0.2, 0.25) is 0 Å². The van der Waals surface area contributed by atoms with Crippen LogP contribution in [0.3, 0.4) is 0 Å². The fraction of sp³-hybridized carbons (Fsp3) is 0.273. The summed E-state index contributed by atoms with van der Waals surface area (Å²) in [5, 5.41) is 4.05. The first-order valence-corrected chi connectivity index (χ1v) is 6.97. The van der Waals surface area contributed by atoms with Crippen molar-refractivity contribution in [3.63, 3.8) is 0 Å². The molecule has 0 saturated heterocycles. The summed E-state index contributed by atoms with van der Waals surface area (Å²) < 4.78 is 0.964. The molecule has 5 heteroatoms. The highest BCUT2D eigenvalue weighted by Gasteiger charge is 2.13. The van der Waals surface area contributed by atoms with Gasteiger partial charge in [-0.3, -0.25) is 0 Å². The zero-order chi connectivity index (χ0) is 11.7. The largest absolute Gasteiger partial charge is 0.383 e. The van der Waals surface area contributed by atoms with Crippen LogP contribution < -0.4 is 5.73 Å². The minimum absolute atomic E-state index is 0.356. The summed E-state index contributed by atoms with van der Waals surface area (Å²) >= 11 is 3.84. The Balaban J connectivity index is 2.57. The molecule has 0 spiro atoms. The number of anilines is 1. The van der Waals surface area contributed by atoms with Crippen molar-refractivity contribution in [3.8, 4) is 11.4 Å². The molecule has 3 nitrogen and oxygen atoms in total. The van der Waals surface area contributed by atoms with E-state index in [0.29, 0.717) is 11.7 Å². The lowest BCUT2D eigenvalue weighted by atomic mass is 10.1. The monoisotopic (exact) mass is 345 g/mol. The second-order valence-electron chi connectivity index (χ2n) is 3.80. The summed E-state index contributed by atoms with van der Waals surface area (Å²) in [6, 6.07) is 2.01. The van der Waals surface area contributed by atoms with Crippen molar-refractivity contribution < 1.29 is 0 Å². The van der Waals surface area contributed by atoms with Crippen LogP contribution in [0.4, 0.5) is 5.82 Å². The quantitative estimate of drug-likeness (QED) is 0.848. The number of hydrogen-bond acceptors (Lipinski definition) is 4. The minimum atomic E-state index is 0.356. The van der Waals surface area contributed by atoms with Gasteiger partial charge in [-0.25, -0.2) is 9.97 Å². The molecule has 0 aliphatic heterocycles. The van der Waals surface area contributed by atoms with Crippen LogP contribution >= 0.6 is 33.9 Å². The zero-order valence-corrected chi connectivity index (χ0v) is 12.0. The number of thiophene rings is 1. The smallest absolute Gasteiger partial charge is 0.162 e. The highest BCUT2D eigenvalue weighted by Crippen LogP contribution is 2.27. The average molecular weight is 345 g/mol. The number of hydrogen-bond donors (Lipinski definition) is 1. The third kappa shape index (κ3) is 2.20. The summed E-state index contributed by atoms with van der Waals surface area (Å²) in [6.45, 7) is 4.22. The Hall–Kier alpha value is -0.690. The lowest BCUT2D eigenvalue weighted by molar-refractivity contribution is 0.810. The topological polar surface area (TPSA) is 51.8 Å². The van der Waals surface area contributed by atoms with Crippen molar-refractivity contribution >= 4 is 39.7 Å². The second-order valence-corrected chi connectivity index (χ2v) is 5.66. The van der Waals surface area contributed by atoms with Gasteiger partial charge >= 0.3 is 0 Å². The van der Waals surface area contributed by atoms with E-state index < -0.39 is 0 Å². The van der Waals surface area contributed by atoms with Crippen molar-refractivity contribution in [3.05, 3.63) is 26.1 Å². The average Bonchev–Trinajstić information content (AvgIpc) is 2.74. The Morgan fingerprint density at radius 2 is 2.12 bits per heavy atom. The van der Waals surface area contributed by atoms with Gasteiger partial charge in [0.1, 0.15) is 5.82 Å². The number of aromatic nitrogens is 2. The number of rotatable bonds is 2. The van der Waals surface area contributed by atoms with Crippen molar-refractivity contribution in [2.75, 3.05) is 5.73 Å². The fourth-order valence-electron chi connectivity index (χ4n) is 1.39. The van der Waals surface area contributed by atoms with Gasteiger partial charge in [-0.2, -0.15) is 11.3 Å². The van der Waals surface area contributed by atoms with Crippen molar-refractivity contribution in [2.45, 2.75) is 19.8 Å². The van der Waals surface area contributed by atoms with Gasteiger partial charge in [-0.15, -0.1) is 0 Å². The Kier molecular flexibility index (Phi) is 3.44. The molecule has 0 aliphatic carbocycles. The molecule has 0 saturated carbocycles. The number of nitrogen functional groups attached to an aromatic ring is 1. The third-order valence-corrected chi connectivity index (χ3v) is 4.02. The third-order valence-electron chi connectivity index (χ3n) is 2.23. The molecule has 2 heterocycles. The lowest BCUT2D eigenvalue weighted by Gasteiger charge is -2.10. The van der Waals surface area contributed by atoms with E-state index in [1.54, 1.807) is 11.3 Å². The van der Waals surface area contributed by atoms with Crippen molar-refractivity contribution in [1.82, 2.24) is 9.97 Å². The molecular formula is C11H12IN3S.